The summed E-state index contributed by atoms with van der Waals surface area (Å²) >= 11 is 0. The number of nitrogens with one attached hydrogen (secondary N) is 2. The maximum atomic E-state index is 13.7. The molecule has 0 radical (unpaired) electrons. The number of nitrogens with zero attached hydrogens (tertiary/aromatic N) is 3. The van der Waals surface area contributed by atoms with Crippen LogP contribution in [0.5, 0.6) is 5.75 Å². The fourth-order valence-electron chi connectivity index (χ4n) is 3.47. The third kappa shape index (κ3) is 5.35. The average molecular weight is 458 g/mol. The van der Waals surface area contributed by atoms with Crippen molar-refractivity contribution in [2.75, 3.05) is 17.7 Å². The molecule has 7 nitrogen and oxygen atoms in total. The summed E-state index contributed by atoms with van der Waals surface area (Å²) < 4.78 is 18.8. The Morgan fingerprint density at radius 1 is 1.03 bits per heavy atom. The van der Waals surface area contributed by atoms with E-state index < -0.39 is 5.82 Å². The van der Waals surface area contributed by atoms with Crippen LogP contribution in [0.15, 0.2) is 73.3 Å². The van der Waals surface area contributed by atoms with E-state index in [0.717, 1.165) is 11.1 Å². The van der Waals surface area contributed by atoms with Crippen molar-refractivity contribution < 1.29 is 13.9 Å². The lowest BCUT2D eigenvalue weighted by molar-refractivity contribution is 0.102. The van der Waals surface area contributed by atoms with Gasteiger partial charge in [-0.05, 0) is 61.4 Å². The highest BCUT2D eigenvalue weighted by Gasteiger charge is 2.12. The van der Waals surface area contributed by atoms with E-state index in [1.165, 1.54) is 13.2 Å². The molecule has 4 aromatic rings. The molecule has 2 aromatic heterocycles. The molecule has 8 heteroatoms. The smallest absolute Gasteiger partial charge is 0.257 e. The van der Waals surface area contributed by atoms with Crippen LogP contribution in [0.25, 0.3) is 11.3 Å². The maximum absolute atomic E-state index is 13.7. The number of pyridine rings is 1. The number of hydrogen-bond acceptors (Lipinski definition) is 6. The molecule has 2 aromatic carbocycles. The largest absolute Gasteiger partial charge is 0.494 e. The summed E-state index contributed by atoms with van der Waals surface area (Å²) in [4.78, 5) is 25.5. The Morgan fingerprint density at radius 2 is 1.85 bits per heavy atom. The zero-order valence-corrected chi connectivity index (χ0v) is 19.0. The minimum Gasteiger partial charge on any atom is -0.494 e. The number of anilines is 2. The van der Waals surface area contributed by atoms with Crippen molar-refractivity contribution in [3.63, 3.8) is 0 Å². The van der Waals surface area contributed by atoms with Gasteiger partial charge in [0.05, 0.1) is 36.8 Å². The van der Waals surface area contributed by atoms with E-state index >= 15 is 0 Å². The zero-order chi connectivity index (χ0) is 24.1. The summed E-state index contributed by atoms with van der Waals surface area (Å²) in [7, 11) is 1.42. The normalized spacial score (nSPS) is 11.5. The minimum atomic E-state index is -0.437. The molecule has 0 saturated carbocycles. The molecular formula is C26H24FN5O2. The Kier molecular flexibility index (Phi) is 6.77. The summed E-state index contributed by atoms with van der Waals surface area (Å²) in [6, 6.07) is 13.8. The van der Waals surface area contributed by atoms with E-state index in [4.69, 9.17) is 4.74 Å². The van der Waals surface area contributed by atoms with Gasteiger partial charge < -0.3 is 15.4 Å². The number of benzene rings is 2. The molecule has 0 saturated heterocycles. The summed E-state index contributed by atoms with van der Waals surface area (Å²) in [6.07, 6.45) is 6.48. The number of halogens is 1. The number of hydrogen-bond donors (Lipinski definition) is 2. The Labute approximate surface area is 197 Å². The molecule has 2 N–H and O–H groups in total. The van der Waals surface area contributed by atoms with Crippen molar-refractivity contribution in [3.05, 3.63) is 95.8 Å². The molecule has 0 aliphatic heterocycles. The van der Waals surface area contributed by atoms with Crippen molar-refractivity contribution in [2.45, 2.75) is 19.9 Å². The molecular weight excluding hydrogens is 433 g/mol. The van der Waals surface area contributed by atoms with Crippen LogP contribution in [0.4, 0.5) is 15.9 Å². The first kappa shape index (κ1) is 22.8. The fourth-order valence-corrected chi connectivity index (χ4v) is 3.47. The van der Waals surface area contributed by atoms with Crippen molar-refractivity contribution in [3.8, 4) is 17.0 Å². The number of carbonyl (C=O) groups is 1. The first-order chi connectivity index (χ1) is 16.4. The monoisotopic (exact) mass is 457 g/mol. The first-order valence-electron chi connectivity index (χ1n) is 10.7. The highest BCUT2D eigenvalue weighted by Crippen LogP contribution is 2.26. The van der Waals surface area contributed by atoms with Gasteiger partial charge in [0.15, 0.2) is 11.6 Å². The molecule has 0 spiro atoms. The third-order valence-electron chi connectivity index (χ3n) is 5.23. The predicted octanol–water partition coefficient (Wildman–Crippen LogP) is 5.42. The number of aromatic nitrogens is 3. The van der Waals surface area contributed by atoms with Crippen molar-refractivity contribution >= 4 is 17.4 Å². The highest BCUT2D eigenvalue weighted by molar-refractivity contribution is 6.04. The first-order valence-corrected chi connectivity index (χ1v) is 10.7. The van der Waals surface area contributed by atoms with E-state index in [2.05, 4.69) is 25.6 Å². The number of ether oxygens (including phenoxy) is 1. The SMILES string of the molecule is COc1cc(-c2cncc(N[C@@H](C)c3cccc(NC(=O)c4cncc(C)c4)c3)n2)ccc1F. The molecule has 0 aliphatic carbocycles. The molecule has 0 unspecified atom stereocenters. The van der Waals surface area contributed by atoms with Crippen LogP contribution < -0.4 is 15.4 Å². The van der Waals surface area contributed by atoms with Gasteiger partial charge >= 0.3 is 0 Å². The van der Waals surface area contributed by atoms with Gasteiger partial charge in [0.25, 0.3) is 5.91 Å². The van der Waals surface area contributed by atoms with Gasteiger partial charge in [0, 0.05) is 23.6 Å². The number of methoxy groups -OCH3 is 1. The van der Waals surface area contributed by atoms with Crippen molar-refractivity contribution in [1.82, 2.24) is 15.0 Å². The van der Waals surface area contributed by atoms with Crippen molar-refractivity contribution in [1.29, 1.82) is 0 Å². The van der Waals surface area contributed by atoms with Gasteiger partial charge in [-0.1, -0.05) is 12.1 Å². The highest BCUT2D eigenvalue weighted by atomic mass is 19.1. The van der Waals surface area contributed by atoms with Gasteiger partial charge in [0.2, 0.25) is 0 Å². The van der Waals surface area contributed by atoms with E-state index in [1.54, 1.807) is 43.0 Å². The average Bonchev–Trinajstić information content (AvgIpc) is 2.84. The Hall–Kier alpha value is -4.33. The summed E-state index contributed by atoms with van der Waals surface area (Å²) in [6.45, 7) is 3.88. The molecule has 172 valence electrons. The summed E-state index contributed by atoms with van der Waals surface area (Å²) in [5.41, 5.74) is 4.33. The second kappa shape index (κ2) is 10.1. The van der Waals surface area contributed by atoms with Crippen LogP contribution in [0.2, 0.25) is 0 Å². The lowest BCUT2D eigenvalue weighted by atomic mass is 10.1. The minimum absolute atomic E-state index is 0.121. The lowest BCUT2D eigenvalue weighted by Crippen LogP contribution is -2.13. The summed E-state index contributed by atoms with van der Waals surface area (Å²) in [5.74, 6) is 0.0508. The zero-order valence-electron chi connectivity index (χ0n) is 19.0. The van der Waals surface area contributed by atoms with Crippen LogP contribution in [-0.2, 0) is 0 Å². The van der Waals surface area contributed by atoms with Gasteiger partial charge in [0.1, 0.15) is 5.82 Å². The van der Waals surface area contributed by atoms with Gasteiger partial charge in [-0.3, -0.25) is 14.8 Å². The molecule has 2 heterocycles. The molecule has 1 atom stereocenters. The van der Waals surface area contributed by atoms with E-state index in [-0.39, 0.29) is 17.7 Å². The number of aryl methyl sites for hydroxylation is 1. The van der Waals surface area contributed by atoms with Crippen LogP contribution in [-0.4, -0.2) is 28.0 Å². The molecule has 4 rings (SSSR count). The van der Waals surface area contributed by atoms with Crippen LogP contribution in [0, 0.1) is 12.7 Å². The van der Waals surface area contributed by atoms with Crippen LogP contribution in [0.1, 0.15) is 34.5 Å². The fraction of sp³-hybridized carbons (Fsp3) is 0.154. The molecule has 34 heavy (non-hydrogen) atoms. The van der Waals surface area contributed by atoms with Crippen LogP contribution >= 0.6 is 0 Å². The van der Waals surface area contributed by atoms with Gasteiger partial charge in [-0.15, -0.1) is 0 Å². The Balaban J connectivity index is 1.48. The second-order valence-electron chi connectivity index (χ2n) is 7.84. The second-order valence-corrected chi connectivity index (χ2v) is 7.84. The number of amides is 1. The third-order valence-corrected chi connectivity index (χ3v) is 5.23. The summed E-state index contributed by atoms with van der Waals surface area (Å²) in [5, 5.41) is 6.24. The molecule has 0 aliphatic rings. The van der Waals surface area contributed by atoms with E-state index in [1.807, 2.05) is 38.1 Å². The standard InChI is InChI=1S/C26H24FN5O2/c1-16-9-20(13-28-12-16)26(33)31-21-6-4-5-18(10-21)17(2)30-25-15-29-14-23(32-25)19-7-8-22(27)24(11-19)34-3/h4-15,17H,1-3H3,(H,30,32)(H,31,33)/t17-/m0/s1. The lowest BCUT2D eigenvalue weighted by Gasteiger charge is -2.16. The van der Waals surface area contributed by atoms with Crippen molar-refractivity contribution in [2.24, 2.45) is 0 Å². The number of rotatable bonds is 7. The Bertz CT molecular complexity index is 1330. The topological polar surface area (TPSA) is 89.0 Å². The Morgan fingerprint density at radius 3 is 2.65 bits per heavy atom. The number of carbonyl (C=O) groups excluding carboxylic acids is 1. The predicted molar refractivity (Wildman–Crippen MR) is 129 cm³/mol. The molecule has 1 amide bonds. The van der Waals surface area contributed by atoms with E-state index in [9.17, 15) is 9.18 Å². The van der Waals surface area contributed by atoms with Gasteiger partial charge in [-0.25, -0.2) is 9.37 Å². The van der Waals surface area contributed by atoms with Crippen LogP contribution in [0.3, 0.4) is 0 Å². The quantitative estimate of drug-likeness (QED) is 0.385. The van der Waals surface area contributed by atoms with E-state index in [0.29, 0.717) is 28.3 Å². The molecule has 0 bridgehead atoms. The maximum Gasteiger partial charge on any atom is 0.257 e. The molecule has 0 fully saturated rings. The van der Waals surface area contributed by atoms with Gasteiger partial charge in [-0.2, -0.15) is 0 Å².